The smallest absolute Gasteiger partial charge is 0.363 e. The topological polar surface area (TPSA) is 78.6 Å². The van der Waals surface area contributed by atoms with Crippen molar-refractivity contribution in [2.24, 2.45) is 5.90 Å². The minimum absolute atomic E-state index is 0.419. The van der Waals surface area contributed by atoms with Gasteiger partial charge in [0.1, 0.15) is 11.2 Å². The molecule has 0 aromatic carbocycles. The van der Waals surface area contributed by atoms with Crippen LogP contribution in [0.1, 0.15) is 20.8 Å². The molecule has 2 N–H and O–H groups in total. The second-order valence-electron chi connectivity index (χ2n) is 3.39. The summed E-state index contributed by atoms with van der Waals surface area (Å²) in [5, 5.41) is 0. The standard InChI is InChI=1S/C8H13NO4/c1-5(7(11)13-9)6(10)12-8(2,3)4/h1,9H2,2-4H3. The average Bonchev–Trinajstić information content (AvgIpc) is 1.98. The molecule has 0 fully saturated rings. The molecule has 0 heterocycles. The fraction of sp³-hybridized carbons (Fsp3) is 0.500. The third-order valence-electron chi connectivity index (χ3n) is 0.999. The van der Waals surface area contributed by atoms with Crippen molar-refractivity contribution in [2.45, 2.75) is 26.4 Å². The van der Waals surface area contributed by atoms with Gasteiger partial charge in [-0.3, -0.25) is 0 Å². The van der Waals surface area contributed by atoms with Crippen molar-refractivity contribution >= 4 is 11.9 Å². The van der Waals surface area contributed by atoms with Crippen molar-refractivity contribution in [3.05, 3.63) is 12.2 Å². The predicted molar refractivity (Wildman–Crippen MR) is 45.3 cm³/mol. The Kier molecular flexibility index (Phi) is 3.62. The molecular weight excluding hydrogens is 174 g/mol. The summed E-state index contributed by atoms with van der Waals surface area (Å²) in [6.45, 7) is 8.20. The third kappa shape index (κ3) is 4.27. The average molecular weight is 187 g/mol. The Morgan fingerprint density at radius 2 is 1.69 bits per heavy atom. The summed E-state index contributed by atoms with van der Waals surface area (Å²) in [6, 6.07) is 0. The molecule has 0 saturated heterocycles. The fourth-order valence-corrected chi connectivity index (χ4v) is 0.494. The summed E-state index contributed by atoms with van der Waals surface area (Å²) in [5.41, 5.74) is -1.09. The van der Waals surface area contributed by atoms with Gasteiger partial charge in [0.25, 0.3) is 0 Å². The zero-order valence-corrected chi connectivity index (χ0v) is 7.92. The zero-order valence-electron chi connectivity index (χ0n) is 7.92. The highest BCUT2D eigenvalue weighted by molar-refractivity contribution is 6.13. The summed E-state index contributed by atoms with van der Waals surface area (Å²) < 4.78 is 4.83. The lowest BCUT2D eigenvalue weighted by atomic mass is 10.2. The lowest BCUT2D eigenvalue weighted by Crippen LogP contribution is -2.28. The highest BCUT2D eigenvalue weighted by Gasteiger charge is 2.23. The van der Waals surface area contributed by atoms with Crippen LogP contribution in [0, 0.1) is 0 Å². The molecule has 0 aliphatic carbocycles. The summed E-state index contributed by atoms with van der Waals surface area (Å²) in [5.74, 6) is 2.73. The van der Waals surface area contributed by atoms with Crippen molar-refractivity contribution in [1.29, 1.82) is 0 Å². The zero-order chi connectivity index (χ0) is 10.6. The van der Waals surface area contributed by atoms with Crippen molar-refractivity contribution in [1.82, 2.24) is 0 Å². The molecule has 0 saturated carbocycles. The van der Waals surface area contributed by atoms with Crippen LogP contribution in [0.3, 0.4) is 0 Å². The normalized spacial score (nSPS) is 10.5. The van der Waals surface area contributed by atoms with Gasteiger partial charge in [-0.05, 0) is 20.8 Å². The lowest BCUT2D eigenvalue weighted by Gasteiger charge is -2.19. The van der Waals surface area contributed by atoms with Crippen LogP contribution in [-0.4, -0.2) is 17.5 Å². The third-order valence-corrected chi connectivity index (χ3v) is 0.999. The van der Waals surface area contributed by atoms with E-state index in [0.717, 1.165) is 0 Å². The molecule has 74 valence electrons. The van der Waals surface area contributed by atoms with Gasteiger partial charge in [0.15, 0.2) is 0 Å². The number of hydrogen-bond acceptors (Lipinski definition) is 5. The highest BCUT2D eigenvalue weighted by atomic mass is 16.7. The van der Waals surface area contributed by atoms with Crippen LogP contribution in [0.5, 0.6) is 0 Å². The van der Waals surface area contributed by atoms with Crippen molar-refractivity contribution in [2.75, 3.05) is 0 Å². The van der Waals surface area contributed by atoms with E-state index in [2.05, 4.69) is 17.3 Å². The summed E-state index contributed by atoms with van der Waals surface area (Å²) in [4.78, 5) is 25.6. The van der Waals surface area contributed by atoms with E-state index < -0.39 is 23.1 Å². The van der Waals surface area contributed by atoms with Crippen LogP contribution >= 0.6 is 0 Å². The number of nitrogens with two attached hydrogens (primary N) is 1. The number of carbonyl (C=O) groups excluding carboxylic acids is 2. The number of esters is 1. The van der Waals surface area contributed by atoms with Crippen LogP contribution in [0.25, 0.3) is 0 Å². The molecule has 0 aliphatic rings. The maximum absolute atomic E-state index is 11.1. The van der Waals surface area contributed by atoms with Crippen LogP contribution in [0.4, 0.5) is 0 Å². The molecule has 0 bridgehead atoms. The van der Waals surface area contributed by atoms with Crippen LogP contribution < -0.4 is 5.90 Å². The highest BCUT2D eigenvalue weighted by Crippen LogP contribution is 2.10. The second-order valence-corrected chi connectivity index (χ2v) is 3.39. The predicted octanol–water partition coefficient (Wildman–Crippen LogP) is 0.301. The summed E-state index contributed by atoms with van der Waals surface area (Å²) in [6.07, 6.45) is 0. The Morgan fingerprint density at radius 3 is 2.00 bits per heavy atom. The van der Waals surface area contributed by atoms with Gasteiger partial charge in [0.05, 0.1) is 0 Å². The van der Waals surface area contributed by atoms with Crippen molar-refractivity contribution in [3.63, 3.8) is 0 Å². The van der Waals surface area contributed by atoms with Crippen LogP contribution in [0.15, 0.2) is 12.2 Å². The first-order chi connectivity index (χ1) is 5.78. The minimum Gasteiger partial charge on any atom is -0.456 e. The molecule has 0 spiro atoms. The van der Waals surface area contributed by atoms with Gasteiger partial charge in [-0.2, -0.15) is 5.90 Å². The molecule has 5 nitrogen and oxygen atoms in total. The largest absolute Gasteiger partial charge is 0.456 e. The van der Waals surface area contributed by atoms with Crippen LogP contribution in [0.2, 0.25) is 0 Å². The van der Waals surface area contributed by atoms with Gasteiger partial charge in [0.2, 0.25) is 0 Å². The van der Waals surface area contributed by atoms with Gasteiger partial charge >= 0.3 is 11.9 Å². The molecule has 0 aromatic heterocycles. The first-order valence-electron chi connectivity index (χ1n) is 3.61. The lowest BCUT2D eigenvalue weighted by molar-refractivity contribution is -0.154. The quantitative estimate of drug-likeness (QED) is 0.221. The monoisotopic (exact) mass is 187 g/mol. The molecule has 0 rings (SSSR count). The minimum atomic E-state index is -0.991. The summed E-state index contributed by atoms with van der Waals surface area (Å²) in [7, 11) is 0. The first kappa shape index (κ1) is 11.6. The van der Waals surface area contributed by atoms with Crippen LogP contribution in [-0.2, 0) is 19.2 Å². The molecular formula is C8H13NO4. The summed E-state index contributed by atoms with van der Waals surface area (Å²) >= 11 is 0. The molecule has 0 aromatic rings. The Bertz CT molecular complexity index is 239. The molecule has 0 unspecified atom stereocenters. The number of ether oxygens (including phenoxy) is 1. The van der Waals surface area contributed by atoms with Crippen molar-refractivity contribution < 1.29 is 19.2 Å². The van der Waals surface area contributed by atoms with E-state index in [1.165, 1.54) is 0 Å². The van der Waals surface area contributed by atoms with E-state index in [9.17, 15) is 9.59 Å². The molecule has 0 atom stereocenters. The number of hydrogen-bond donors (Lipinski definition) is 1. The fourth-order valence-electron chi connectivity index (χ4n) is 0.494. The Morgan fingerprint density at radius 1 is 1.23 bits per heavy atom. The SMILES string of the molecule is C=C(C(=O)ON)C(=O)OC(C)(C)C. The van der Waals surface area contributed by atoms with Gasteiger partial charge < -0.3 is 9.57 Å². The molecule has 0 radical (unpaired) electrons. The van der Waals surface area contributed by atoms with Gasteiger partial charge in [0, 0.05) is 0 Å². The second kappa shape index (κ2) is 4.04. The van der Waals surface area contributed by atoms with E-state index >= 15 is 0 Å². The first-order valence-corrected chi connectivity index (χ1v) is 3.61. The maximum atomic E-state index is 11.1. The van der Waals surface area contributed by atoms with Gasteiger partial charge in [-0.1, -0.05) is 6.58 Å². The molecule has 5 heteroatoms. The number of carbonyl (C=O) groups is 2. The van der Waals surface area contributed by atoms with E-state index in [1.54, 1.807) is 20.8 Å². The Labute approximate surface area is 76.4 Å². The van der Waals surface area contributed by atoms with E-state index in [-0.39, 0.29) is 0 Å². The van der Waals surface area contributed by atoms with Gasteiger partial charge in [-0.25, -0.2) is 9.59 Å². The Hall–Kier alpha value is -1.36. The van der Waals surface area contributed by atoms with Gasteiger partial charge in [-0.15, -0.1) is 0 Å². The molecule has 0 aliphatic heterocycles. The molecule has 0 amide bonds. The van der Waals surface area contributed by atoms with E-state index in [1.807, 2.05) is 0 Å². The van der Waals surface area contributed by atoms with Crippen molar-refractivity contribution in [3.8, 4) is 0 Å². The molecule has 13 heavy (non-hydrogen) atoms. The Balaban J connectivity index is 4.30. The number of rotatable bonds is 2. The van der Waals surface area contributed by atoms with E-state index in [4.69, 9.17) is 4.74 Å². The van der Waals surface area contributed by atoms with E-state index in [0.29, 0.717) is 0 Å². The maximum Gasteiger partial charge on any atom is 0.363 e.